The molecule has 2 unspecified atom stereocenters. The third-order valence-electron chi connectivity index (χ3n) is 1.44. The Morgan fingerprint density at radius 1 is 1.50 bits per heavy atom. The summed E-state index contributed by atoms with van der Waals surface area (Å²) in [4.78, 5) is 0.617. The Balaban J connectivity index is 2.19. The van der Waals surface area contributed by atoms with Crippen LogP contribution in [0.1, 0.15) is 19.3 Å². The van der Waals surface area contributed by atoms with Gasteiger partial charge in [-0.1, -0.05) is 15.9 Å². The summed E-state index contributed by atoms with van der Waals surface area (Å²) in [5.74, 6) is 0. The zero-order valence-electron chi connectivity index (χ0n) is 4.68. The van der Waals surface area contributed by atoms with E-state index in [9.17, 15) is 0 Å². The van der Waals surface area contributed by atoms with Crippen LogP contribution in [0.5, 0.6) is 0 Å². The third-order valence-corrected chi connectivity index (χ3v) is 2.27. The molecule has 0 aromatic heterocycles. The molecule has 0 aliphatic heterocycles. The summed E-state index contributed by atoms with van der Waals surface area (Å²) >= 11 is 3.47. The Hall–Kier alpha value is 0.440. The predicted molar refractivity (Wildman–Crippen MR) is 36.9 cm³/mol. The number of alkyl halides is 1. The second-order valence-electron chi connectivity index (χ2n) is 2.21. The minimum absolute atomic E-state index is 0.135. The van der Waals surface area contributed by atoms with Crippen molar-refractivity contribution in [2.75, 3.05) is 0 Å². The van der Waals surface area contributed by atoms with Crippen LogP contribution in [0.4, 0.5) is 0 Å². The summed E-state index contributed by atoms with van der Waals surface area (Å²) in [7, 11) is 0. The van der Waals surface area contributed by atoms with Crippen LogP contribution in [-0.2, 0) is 0 Å². The summed E-state index contributed by atoms with van der Waals surface area (Å²) in [5, 5.41) is 8.95. The molecule has 0 heterocycles. The van der Waals surface area contributed by atoms with Crippen LogP contribution in [0.2, 0.25) is 0 Å². The fraction of sp³-hybridized carbons (Fsp3) is 0.833. The molecule has 1 aliphatic rings. The molecule has 8 heavy (non-hydrogen) atoms. The fourth-order valence-corrected chi connectivity index (χ4v) is 1.37. The molecule has 0 amide bonds. The first-order valence-corrected chi connectivity index (χ1v) is 3.86. The molecule has 2 atom stereocenters. The SMILES string of the molecule is OC1[CH]CC(Br)CC1. The molecule has 1 nitrogen and oxygen atoms in total. The van der Waals surface area contributed by atoms with Gasteiger partial charge in [-0.25, -0.2) is 0 Å². The van der Waals surface area contributed by atoms with E-state index in [0.717, 1.165) is 19.3 Å². The molecular formula is C6H10BrO. The van der Waals surface area contributed by atoms with Crippen LogP contribution in [-0.4, -0.2) is 16.0 Å². The van der Waals surface area contributed by atoms with E-state index in [1.807, 2.05) is 6.42 Å². The number of rotatable bonds is 0. The number of halogens is 1. The van der Waals surface area contributed by atoms with Crippen molar-refractivity contribution >= 4 is 15.9 Å². The van der Waals surface area contributed by atoms with Gasteiger partial charge in [-0.05, 0) is 25.7 Å². The average molecular weight is 178 g/mol. The summed E-state index contributed by atoms with van der Waals surface area (Å²) in [6.45, 7) is 0. The van der Waals surface area contributed by atoms with Crippen molar-refractivity contribution in [3.8, 4) is 0 Å². The van der Waals surface area contributed by atoms with Gasteiger partial charge in [-0.2, -0.15) is 0 Å². The van der Waals surface area contributed by atoms with Gasteiger partial charge in [-0.3, -0.25) is 0 Å². The molecule has 1 rings (SSSR count). The smallest absolute Gasteiger partial charge is 0.0572 e. The van der Waals surface area contributed by atoms with E-state index in [1.54, 1.807) is 0 Å². The monoisotopic (exact) mass is 177 g/mol. The Morgan fingerprint density at radius 2 is 2.25 bits per heavy atom. The van der Waals surface area contributed by atoms with E-state index < -0.39 is 0 Å². The highest BCUT2D eigenvalue weighted by Gasteiger charge is 2.16. The van der Waals surface area contributed by atoms with Crippen LogP contribution in [0.15, 0.2) is 0 Å². The molecule has 1 N–H and O–H groups in total. The first kappa shape index (κ1) is 6.56. The first-order chi connectivity index (χ1) is 3.79. The van der Waals surface area contributed by atoms with Crippen molar-refractivity contribution < 1.29 is 5.11 Å². The van der Waals surface area contributed by atoms with E-state index in [-0.39, 0.29) is 6.10 Å². The zero-order valence-corrected chi connectivity index (χ0v) is 6.26. The minimum atomic E-state index is -0.135. The third kappa shape index (κ3) is 1.75. The lowest BCUT2D eigenvalue weighted by Crippen LogP contribution is -2.18. The molecule has 0 bridgehead atoms. The number of aliphatic hydroxyl groups is 1. The van der Waals surface area contributed by atoms with Crippen LogP contribution >= 0.6 is 15.9 Å². The van der Waals surface area contributed by atoms with E-state index in [2.05, 4.69) is 15.9 Å². The minimum Gasteiger partial charge on any atom is -0.393 e. The molecule has 0 spiro atoms. The van der Waals surface area contributed by atoms with Crippen molar-refractivity contribution in [2.24, 2.45) is 0 Å². The van der Waals surface area contributed by atoms with E-state index in [0.29, 0.717) is 4.83 Å². The van der Waals surface area contributed by atoms with E-state index in [1.165, 1.54) is 0 Å². The number of hydrogen-bond donors (Lipinski definition) is 1. The van der Waals surface area contributed by atoms with Gasteiger partial charge in [0.25, 0.3) is 0 Å². The summed E-state index contributed by atoms with van der Waals surface area (Å²) in [5.41, 5.74) is 0. The molecule has 0 saturated heterocycles. The van der Waals surface area contributed by atoms with Crippen molar-refractivity contribution in [2.45, 2.75) is 30.2 Å². The van der Waals surface area contributed by atoms with Gasteiger partial charge in [0.05, 0.1) is 6.10 Å². The molecule has 47 valence electrons. The maximum absolute atomic E-state index is 8.95. The molecule has 1 radical (unpaired) electrons. The number of hydrogen-bond acceptors (Lipinski definition) is 1. The largest absolute Gasteiger partial charge is 0.393 e. The van der Waals surface area contributed by atoms with Crippen molar-refractivity contribution in [3.63, 3.8) is 0 Å². The second-order valence-corrected chi connectivity index (χ2v) is 3.51. The molecule has 2 heteroatoms. The Kier molecular flexibility index (Phi) is 2.32. The van der Waals surface area contributed by atoms with Crippen LogP contribution < -0.4 is 0 Å². The lowest BCUT2D eigenvalue weighted by atomic mass is 9.98. The van der Waals surface area contributed by atoms with Crippen LogP contribution in [0, 0.1) is 6.42 Å². The van der Waals surface area contributed by atoms with Gasteiger partial charge in [0, 0.05) is 4.83 Å². The van der Waals surface area contributed by atoms with E-state index in [4.69, 9.17) is 5.11 Å². The maximum Gasteiger partial charge on any atom is 0.0572 e. The van der Waals surface area contributed by atoms with Gasteiger partial charge in [0.15, 0.2) is 0 Å². The van der Waals surface area contributed by atoms with Gasteiger partial charge in [0.2, 0.25) is 0 Å². The molecule has 1 aliphatic carbocycles. The van der Waals surface area contributed by atoms with E-state index >= 15 is 0 Å². The average Bonchev–Trinajstić information content (AvgIpc) is 1.77. The first-order valence-electron chi connectivity index (χ1n) is 2.94. The summed E-state index contributed by atoms with van der Waals surface area (Å²) in [6, 6.07) is 0. The van der Waals surface area contributed by atoms with Crippen molar-refractivity contribution in [1.82, 2.24) is 0 Å². The lowest BCUT2D eigenvalue weighted by molar-refractivity contribution is 0.176. The Morgan fingerprint density at radius 3 is 2.62 bits per heavy atom. The lowest BCUT2D eigenvalue weighted by Gasteiger charge is -2.19. The van der Waals surface area contributed by atoms with Crippen LogP contribution in [0.25, 0.3) is 0 Å². The second kappa shape index (κ2) is 2.83. The maximum atomic E-state index is 8.95. The zero-order chi connectivity index (χ0) is 5.98. The van der Waals surface area contributed by atoms with Gasteiger partial charge < -0.3 is 5.11 Å². The van der Waals surface area contributed by atoms with Gasteiger partial charge in [0.1, 0.15) is 0 Å². The predicted octanol–water partition coefficient (Wildman–Crippen LogP) is 1.50. The molecular weight excluding hydrogens is 168 g/mol. The quantitative estimate of drug-likeness (QED) is 0.557. The molecule has 1 saturated carbocycles. The summed E-state index contributed by atoms with van der Waals surface area (Å²) < 4.78 is 0. The standard InChI is InChI=1S/C6H10BrO/c7-5-1-3-6(8)4-2-5/h3,5-6,8H,1-2,4H2. The van der Waals surface area contributed by atoms with Gasteiger partial charge in [-0.15, -0.1) is 0 Å². The number of aliphatic hydroxyl groups excluding tert-OH is 1. The fourth-order valence-electron chi connectivity index (χ4n) is 0.892. The highest BCUT2D eigenvalue weighted by atomic mass is 79.9. The van der Waals surface area contributed by atoms with Crippen molar-refractivity contribution in [1.29, 1.82) is 0 Å². The highest BCUT2D eigenvalue weighted by Crippen LogP contribution is 2.22. The molecule has 1 fully saturated rings. The molecule has 0 aromatic carbocycles. The Labute approximate surface area is 58.2 Å². The van der Waals surface area contributed by atoms with Crippen molar-refractivity contribution in [3.05, 3.63) is 6.42 Å². The topological polar surface area (TPSA) is 20.2 Å². The highest BCUT2D eigenvalue weighted by molar-refractivity contribution is 9.09. The Bertz CT molecular complexity index is 56.9. The van der Waals surface area contributed by atoms with Gasteiger partial charge >= 0.3 is 0 Å². The van der Waals surface area contributed by atoms with Crippen LogP contribution in [0.3, 0.4) is 0 Å². The normalized spacial score (nSPS) is 39.8. The summed E-state index contributed by atoms with van der Waals surface area (Å²) in [6.07, 6.45) is 4.88. The molecule has 0 aromatic rings.